The molecule has 0 aliphatic heterocycles. The molecule has 0 bridgehead atoms. The summed E-state index contributed by atoms with van der Waals surface area (Å²) in [6, 6.07) is 33.4. The Balaban J connectivity index is 1.44. The van der Waals surface area contributed by atoms with Crippen molar-refractivity contribution < 1.29 is 42.9 Å². The van der Waals surface area contributed by atoms with Crippen LogP contribution in [0.1, 0.15) is 35.8 Å². The van der Waals surface area contributed by atoms with E-state index in [9.17, 15) is 28.9 Å². The minimum Gasteiger partial charge on any atom is -0.508 e. The molecule has 2 amide bonds. The fourth-order valence-electron chi connectivity index (χ4n) is 6.04. The second-order valence-electron chi connectivity index (χ2n) is 12.7. The van der Waals surface area contributed by atoms with Crippen molar-refractivity contribution >= 4 is 26.0 Å². The van der Waals surface area contributed by atoms with E-state index in [4.69, 9.17) is 14.0 Å². The Morgan fingerprint density at radius 1 is 0.778 bits per heavy atom. The van der Waals surface area contributed by atoms with Gasteiger partial charge in [-0.2, -0.15) is 4.89 Å². The quantitative estimate of drug-likeness (QED) is 0.0569. The summed E-state index contributed by atoms with van der Waals surface area (Å²) in [6.07, 6.45) is -0.807. The smallest absolute Gasteiger partial charge is 0.508 e. The molecule has 4 unspecified atom stereocenters. The highest BCUT2D eigenvalue weighted by atomic mass is 31.1. The number of esters is 1. The van der Waals surface area contributed by atoms with Crippen molar-refractivity contribution in [3.05, 3.63) is 144 Å². The Kier molecular flexibility index (Phi) is 14.5. The molecule has 5 atom stereocenters. The van der Waals surface area contributed by atoms with Gasteiger partial charge in [0.1, 0.15) is 29.9 Å². The maximum absolute atomic E-state index is 14.3. The predicted molar refractivity (Wildman–Crippen MR) is 201 cm³/mol. The molecule has 0 aliphatic carbocycles. The molecule has 0 saturated heterocycles. The lowest BCUT2D eigenvalue weighted by Gasteiger charge is -2.25. The average Bonchev–Trinajstić information content (AvgIpc) is 3.65. The first-order chi connectivity index (χ1) is 26.2. The van der Waals surface area contributed by atoms with Crippen LogP contribution in [0.4, 0.5) is 4.79 Å². The first-order valence-corrected chi connectivity index (χ1v) is 18.9. The van der Waals surface area contributed by atoms with Gasteiger partial charge in [-0.15, -0.1) is 0 Å². The minimum atomic E-state index is -2.99. The summed E-state index contributed by atoms with van der Waals surface area (Å²) in [6.45, 7) is 1.71. The number of benzene rings is 4. The molecule has 4 N–H and O–H groups in total. The summed E-state index contributed by atoms with van der Waals surface area (Å²) in [5, 5.41) is 19.6. The SMILES string of the molecule is CCOC(=O)C(Cc1ccc(O)cc1)NC(=O)C(Cc1cc(-c2ccccc2)no1)CC([C@@H](Cc1ccccc1)NC(=O)OCc1ccccc1)[P+](=O)O. The summed E-state index contributed by atoms with van der Waals surface area (Å²) in [7, 11) is -2.99. The molecule has 13 heteroatoms. The summed E-state index contributed by atoms with van der Waals surface area (Å²) >= 11 is 0. The van der Waals surface area contributed by atoms with E-state index in [1.807, 2.05) is 91.0 Å². The summed E-state index contributed by atoms with van der Waals surface area (Å²) in [5.41, 5.74) is 2.39. The number of ether oxygens (including phenoxy) is 2. The normalized spacial score (nSPS) is 13.5. The molecule has 0 spiro atoms. The first kappa shape index (κ1) is 39.4. The van der Waals surface area contributed by atoms with Gasteiger partial charge in [-0.3, -0.25) is 4.79 Å². The van der Waals surface area contributed by atoms with Crippen LogP contribution >= 0.6 is 8.03 Å². The number of amides is 2. The predicted octanol–water partition coefficient (Wildman–Crippen LogP) is 6.53. The van der Waals surface area contributed by atoms with Crippen LogP contribution in [-0.2, 0) is 49.5 Å². The van der Waals surface area contributed by atoms with Gasteiger partial charge >= 0.3 is 20.1 Å². The second-order valence-corrected chi connectivity index (χ2v) is 14.0. The van der Waals surface area contributed by atoms with E-state index in [0.717, 1.165) is 16.7 Å². The summed E-state index contributed by atoms with van der Waals surface area (Å²) in [5.74, 6) is -1.92. The number of nitrogens with one attached hydrogen (secondary N) is 2. The van der Waals surface area contributed by atoms with Gasteiger partial charge in [0.15, 0.2) is 0 Å². The van der Waals surface area contributed by atoms with Crippen LogP contribution in [-0.4, -0.2) is 57.5 Å². The van der Waals surface area contributed by atoms with Crippen LogP contribution in [0.25, 0.3) is 11.3 Å². The topological polar surface area (TPSA) is 177 Å². The zero-order chi connectivity index (χ0) is 38.3. The van der Waals surface area contributed by atoms with Gasteiger partial charge in [0, 0.05) is 36.8 Å². The number of rotatable bonds is 18. The third-order valence-corrected chi connectivity index (χ3v) is 9.94. The molecule has 0 aliphatic rings. The van der Waals surface area contributed by atoms with Gasteiger partial charge in [-0.05, 0) is 46.7 Å². The number of aromatic hydroxyl groups is 1. The number of aromatic nitrogens is 1. The first-order valence-electron chi connectivity index (χ1n) is 17.6. The van der Waals surface area contributed by atoms with Gasteiger partial charge < -0.3 is 29.7 Å². The van der Waals surface area contributed by atoms with Crippen LogP contribution in [0, 0.1) is 5.92 Å². The average molecular weight is 753 g/mol. The van der Waals surface area contributed by atoms with Crippen molar-refractivity contribution in [3.8, 4) is 17.0 Å². The standard InChI is InChI=1S/C41H42N3O9P/c1-2-51-40(47)37(23-29-18-20-33(45)21-19-29)42-39(46)32(24-34-26-35(44-53-34)31-16-10-5-11-17-31)25-38(54(49)50)36(22-28-12-6-3-7-13-28)43-41(48)52-27-30-14-8-4-9-15-30/h3-21,26,32,36-38H,2,22-25,27H2,1H3,(H3-,42,43,45,46,48,49,50)/p+1/t32?,36-,37?,38?/m1/s1. The van der Waals surface area contributed by atoms with Crippen LogP contribution in [0.2, 0.25) is 0 Å². The van der Waals surface area contributed by atoms with E-state index in [2.05, 4.69) is 15.8 Å². The lowest BCUT2D eigenvalue weighted by Crippen LogP contribution is -2.48. The van der Waals surface area contributed by atoms with Gasteiger partial charge in [-0.1, -0.05) is 108 Å². The van der Waals surface area contributed by atoms with E-state index in [1.54, 1.807) is 25.1 Å². The Morgan fingerprint density at radius 3 is 2.02 bits per heavy atom. The van der Waals surface area contributed by atoms with Crippen molar-refractivity contribution in [2.45, 2.75) is 57.0 Å². The van der Waals surface area contributed by atoms with Gasteiger partial charge in [0.2, 0.25) is 11.6 Å². The molecule has 1 aromatic heterocycles. The third kappa shape index (κ3) is 11.8. The molecule has 0 radical (unpaired) electrons. The number of hydrogen-bond acceptors (Lipinski definition) is 9. The van der Waals surface area contributed by atoms with Crippen LogP contribution in [0.3, 0.4) is 0 Å². The molecule has 0 fully saturated rings. The Hall–Kier alpha value is -5.84. The number of alkyl carbamates (subject to hydrolysis) is 1. The fourth-order valence-corrected chi connectivity index (χ4v) is 6.96. The molecule has 0 saturated carbocycles. The summed E-state index contributed by atoms with van der Waals surface area (Å²) in [4.78, 5) is 51.5. The van der Waals surface area contributed by atoms with E-state index in [0.29, 0.717) is 17.0 Å². The monoisotopic (exact) mass is 752 g/mol. The van der Waals surface area contributed by atoms with Gasteiger partial charge in [0.25, 0.3) is 0 Å². The number of phenolic OH excluding ortho intramolecular Hbond substituents is 1. The van der Waals surface area contributed by atoms with E-state index in [1.165, 1.54) is 12.1 Å². The molecule has 5 rings (SSSR count). The molecule has 4 aromatic carbocycles. The molecule has 5 aromatic rings. The zero-order valence-electron chi connectivity index (χ0n) is 29.7. The number of phenols is 1. The largest absolute Gasteiger partial charge is 0.510 e. The van der Waals surface area contributed by atoms with Gasteiger partial charge in [-0.25, -0.2) is 9.59 Å². The van der Waals surface area contributed by atoms with Crippen molar-refractivity contribution in [3.63, 3.8) is 0 Å². The number of carbonyl (C=O) groups is 3. The van der Waals surface area contributed by atoms with Crippen molar-refractivity contribution in [1.82, 2.24) is 15.8 Å². The fraction of sp³-hybridized carbons (Fsp3) is 0.268. The second kappa shape index (κ2) is 19.8. The molecule has 280 valence electrons. The molecule has 12 nitrogen and oxygen atoms in total. The van der Waals surface area contributed by atoms with Crippen LogP contribution in [0.15, 0.2) is 126 Å². The lowest BCUT2D eigenvalue weighted by atomic mass is 9.91. The highest BCUT2D eigenvalue weighted by Gasteiger charge is 2.43. The Morgan fingerprint density at radius 2 is 1.39 bits per heavy atom. The maximum Gasteiger partial charge on any atom is 0.510 e. The Bertz CT molecular complexity index is 1960. The minimum absolute atomic E-state index is 0.0167. The highest BCUT2D eigenvalue weighted by Crippen LogP contribution is 2.34. The molecule has 54 heavy (non-hydrogen) atoms. The number of carbonyl (C=O) groups excluding carboxylic acids is 3. The number of hydrogen-bond donors (Lipinski definition) is 4. The third-order valence-electron chi connectivity index (χ3n) is 8.80. The zero-order valence-corrected chi connectivity index (χ0v) is 30.6. The van der Waals surface area contributed by atoms with E-state index < -0.39 is 49.7 Å². The Labute approximate surface area is 314 Å². The van der Waals surface area contributed by atoms with Crippen molar-refractivity contribution in [2.24, 2.45) is 5.92 Å². The summed E-state index contributed by atoms with van der Waals surface area (Å²) < 4.78 is 29.7. The van der Waals surface area contributed by atoms with E-state index in [-0.39, 0.29) is 44.6 Å². The van der Waals surface area contributed by atoms with Crippen LogP contribution in [0.5, 0.6) is 5.75 Å². The lowest BCUT2D eigenvalue weighted by molar-refractivity contribution is -0.147. The van der Waals surface area contributed by atoms with Crippen molar-refractivity contribution in [2.75, 3.05) is 6.61 Å². The molecular weight excluding hydrogens is 709 g/mol. The van der Waals surface area contributed by atoms with E-state index >= 15 is 0 Å². The van der Waals surface area contributed by atoms with Crippen LogP contribution < -0.4 is 10.6 Å². The maximum atomic E-state index is 14.3. The highest BCUT2D eigenvalue weighted by molar-refractivity contribution is 7.39. The molecule has 1 heterocycles. The number of nitrogens with zero attached hydrogens (tertiary/aromatic N) is 1. The molecular formula is C41H43N3O9P+. The van der Waals surface area contributed by atoms with Gasteiger partial charge in [0.05, 0.1) is 12.6 Å². The van der Waals surface area contributed by atoms with Crippen molar-refractivity contribution in [1.29, 1.82) is 0 Å².